The molecule has 0 radical (unpaired) electrons. The zero-order valence-electron chi connectivity index (χ0n) is 14.2. The first kappa shape index (κ1) is 20.1. The molecular weight excluding hydrogens is 383 g/mol. The summed E-state index contributed by atoms with van der Waals surface area (Å²) in [6.07, 6.45) is 0.475. The minimum Gasteiger partial charge on any atom is -0.463 e. The molecule has 0 fully saturated rings. The van der Waals surface area contributed by atoms with Crippen molar-refractivity contribution in [3.63, 3.8) is 0 Å². The van der Waals surface area contributed by atoms with Crippen molar-refractivity contribution in [2.75, 3.05) is 13.2 Å². The lowest BCUT2D eigenvalue weighted by molar-refractivity contribution is -0.139. The van der Waals surface area contributed by atoms with Crippen molar-refractivity contribution in [2.24, 2.45) is 0 Å². The number of amides is 2. The van der Waals surface area contributed by atoms with E-state index in [1.165, 1.54) is 18.2 Å². The first-order chi connectivity index (χ1) is 12.3. The number of hydrogen-bond donors (Lipinski definition) is 2. The topological polar surface area (TPSA) is 93.7 Å². The van der Waals surface area contributed by atoms with Gasteiger partial charge in [0.05, 0.1) is 29.5 Å². The number of carbonyl (C=O) groups is 3. The normalized spacial score (nSPS) is 16.6. The van der Waals surface area contributed by atoms with E-state index in [1.54, 1.807) is 6.92 Å². The third-order valence-corrected chi connectivity index (χ3v) is 4.03. The highest BCUT2D eigenvalue weighted by molar-refractivity contribution is 6.35. The van der Waals surface area contributed by atoms with Gasteiger partial charge in [-0.3, -0.25) is 0 Å². The van der Waals surface area contributed by atoms with Crippen LogP contribution in [0.3, 0.4) is 0 Å². The Hall–Kier alpha value is -2.25. The minimum absolute atomic E-state index is 0.160. The zero-order valence-corrected chi connectivity index (χ0v) is 15.7. The van der Waals surface area contributed by atoms with E-state index < -0.39 is 24.0 Å². The Morgan fingerprint density at radius 3 is 2.31 bits per heavy atom. The van der Waals surface area contributed by atoms with Crippen molar-refractivity contribution in [1.82, 2.24) is 10.6 Å². The molecule has 7 nitrogen and oxygen atoms in total. The Balaban J connectivity index is 2.23. The van der Waals surface area contributed by atoms with Crippen molar-refractivity contribution in [1.29, 1.82) is 0 Å². The number of urea groups is 1. The van der Waals surface area contributed by atoms with Gasteiger partial charge in [-0.2, -0.15) is 0 Å². The number of carbonyl (C=O) groups excluding carboxylic acids is 3. The maximum atomic E-state index is 12.2. The molecule has 1 heterocycles. The quantitative estimate of drug-likeness (QED) is 0.715. The third-order valence-electron chi connectivity index (χ3n) is 3.59. The number of esters is 2. The molecule has 0 aliphatic carbocycles. The molecule has 2 amide bonds. The molecular formula is C17H18Cl2N2O5. The highest BCUT2D eigenvalue weighted by Crippen LogP contribution is 2.21. The molecule has 140 valence electrons. The molecule has 0 saturated carbocycles. The fourth-order valence-electron chi connectivity index (χ4n) is 2.47. The van der Waals surface area contributed by atoms with E-state index in [0.29, 0.717) is 6.42 Å². The van der Waals surface area contributed by atoms with Crippen LogP contribution < -0.4 is 10.6 Å². The minimum atomic E-state index is -0.689. The third kappa shape index (κ3) is 4.89. The summed E-state index contributed by atoms with van der Waals surface area (Å²) in [7, 11) is 0. The summed E-state index contributed by atoms with van der Waals surface area (Å²) in [6.45, 7) is 3.37. The Kier molecular flexibility index (Phi) is 6.88. The molecule has 0 aromatic heterocycles. The van der Waals surface area contributed by atoms with Crippen LogP contribution in [0.15, 0.2) is 29.5 Å². The second-order valence-corrected chi connectivity index (χ2v) is 6.28. The first-order valence-electron chi connectivity index (χ1n) is 7.96. The van der Waals surface area contributed by atoms with Crippen LogP contribution in [0.2, 0.25) is 10.0 Å². The van der Waals surface area contributed by atoms with Crippen LogP contribution in [0.4, 0.5) is 4.79 Å². The molecule has 1 aromatic rings. The second kappa shape index (κ2) is 8.91. The Labute approximate surface area is 160 Å². The van der Waals surface area contributed by atoms with Crippen LogP contribution in [0.25, 0.3) is 0 Å². The number of rotatable bonds is 6. The largest absolute Gasteiger partial charge is 0.463 e. The van der Waals surface area contributed by atoms with Gasteiger partial charge in [0.15, 0.2) is 0 Å². The molecule has 0 saturated heterocycles. The summed E-state index contributed by atoms with van der Waals surface area (Å²) >= 11 is 11.7. The lowest BCUT2D eigenvalue weighted by atomic mass is 10.0. The van der Waals surface area contributed by atoms with Crippen LogP contribution in [0.1, 0.15) is 30.6 Å². The van der Waals surface area contributed by atoms with E-state index in [9.17, 15) is 14.4 Å². The highest BCUT2D eigenvalue weighted by atomic mass is 35.5. The molecule has 9 heteroatoms. The lowest BCUT2D eigenvalue weighted by Crippen LogP contribution is -2.51. The Morgan fingerprint density at radius 1 is 1.08 bits per heavy atom. The van der Waals surface area contributed by atoms with Crippen LogP contribution >= 0.6 is 23.2 Å². The van der Waals surface area contributed by atoms with Crippen LogP contribution in [-0.2, 0) is 14.3 Å². The van der Waals surface area contributed by atoms with Crippen molar-refractivity contribution < 1.29 is 23.9 Å². The van der Waals surface area contributed by atoms with Crippen LogP contribution in [0.5, 0.6) is 0 Å². The SMILES string of the molecule is CCOC(=O)C1=C(COC(=O)c2cc(Cl)cc(Cl)c2)NC(=O)N[C@@H]1CC. The van der Waals surface area contributed by atoms with Crippen molar-refractivity contribution in [3.05, 3.63) is 45.1 Å². The summed E-state index contributed by atoms with van der Waals surface area (Å²) in [5.74, 6) is -1.27. The van der Waals surface area contributed by atoms with E-state index in [2.05, 4.69) is 10.6 Å². The smallest absolute Gasteiger partial charge is 0.338 e. The van der Waals surface area contributed by atoms with E-state index in [0.717, 1.165) is 0 Å². The monoisotopic (exact) mass is 400 g/mol. The molecule has 0 bridgehead atoms. The lowest BCUT2D eigenvalue weighted by Gasteiger charge is -2.28. The molecule has 1 atom stereocenters. The first-order valence-corrected chi connectivity index (χ1v) is 8.72. The zero-order chi connectivity index (χ0) is 19.3. The number of ether oxygens (including phenoxy) is 2. The van der Waals surface area contributed by atoms with Gasteiger partial charge in [0.2, 0.25) is 0 Å². The van der Waals surface area contributed by atoms with Gasteiger partial charge in [-0.25, -0.2) is 14.4 Å². The fourth-order valence-corrected chi connectivity index (χ4v) is 2.99. The van der Waals surface area contributed by atoms with Gasteiger partial charge in [0.1, 0.15) is 6.61 Å². The predicted molar refractivity (Wildman–Crippen MR) is 96.1 cm³/mol. The summed E-state index contributed by atoms with van der Waals surface area (Å²) < 4.78 is 10.3. The molecule has 26 heavy (non-hydrogen) atoms. The average Bonchev–Trinajstić information content (AvgIpc) is 2.58. The number of nitrogens with one attached hydrogen (secondary N) is 2. The van der Waals surface area contributed by atoms with Gasteiger partial charge in [-0.1, -0.05) is 30.1 Å². The van der Waals surface area contributed by atoms with E-state index >= 15 is 0 Å². The second-order valence-electron chi connectivity index (χ2n) is 5.41. The van der Waals surface area contributed by atoms with Gasteiger partial charge >= 0.3 is 18.0 Å². The van der Waals surface area contributed by atoms with Gasteiger partial charge in [-0.05, 0) is 31.5 Å². The van der Waals surface area contributed by atoms with Crippen molar-refractivity contribution in [3.8, 4) is 0 Å². The maximum Gasteiger partial charge on any atom is 0.338 e. The van der Waals surface area contributed by atoms with Crippen LogP contribution in [-0.4, -0.2) is 37.2 Å². The van der Waals surface area contributed by atoms with Gasteiger partial charge < -0.3 is 20.1 Å². The standard InChI is InChI=1S/C17H18Cl2N2O5/c1-3-12-14(16(23)25-4-2)13(21-17(24)20-12)8-26-15(22)9-5-10(18)7-11(19)6-9/h5-7,12H,3-4,8H2,1-2H3,(H2,20,21,24)/t12-/m1/s1. The van der Waals surface area contributed by atoms with Gasteiger partial charge in [-0.15, -0.1) is 0 Å². The molecule has 0 unspecified atom stereocenters. The Bertz CT molecular complexity index is 743. The summed E-state index contributed by atoms with van der Waals surface area (Å²) in [4.78, 5) is 36.3. The number of halogens is 2. The molecule has 1 aliphatic rings. The van der Waals surface area contributed by atoms with Crippen LogP contribution in [0, 0.1) is 0 Å². The highest BCUT2D eigenvalue weighted by Gasteiger charge is 2.32. The van der Waals surface area contributed by atoms with Gasteiger partial charge in [0, 0.05) is 10.0 Å². The number of hydrogen-bond acceptors (Lipinski definition) is 5. The maximum absolute atomic E-state index is 12.2. The number of benzene rings is 1. The average molecular weight is 401 g/mol. The van der Waals surface area contributed by atoms with Gasteiger partial charge in [0.25, 0.3) is 0 Å². The molecule has 1 aromatic carbocycles. The molecule has 1 aliphatic heterocycles. The van der Waals surface area contributed by atoms with E-state index in [4.69, 9.17) is 32.7 Å². The Morgan fingerprint density at radius 2 is 1.73 bits per heavy atom. The predicted octanol–water partition coefficient (Wildman–Crippen LogP) is 3.06. The summed E-state index contributed by atoms with van der Waals surface area (Å²) in [5, 5.41) is 5.71. The summed E-state index contributed by atoms with van der Waals surface area (Å²) in [5.41, 5.74) is 0.569. The van der Waals surface area contributed by atoms with Crippen molar-refractivity contribution >= 4 is 41.2 Å². The summed E-state index contributed by atoms with van der Waals surface area (Å²) in [6, 6.07) is 3.29. The van der Waals surface area contributed by atoms with Crippen molar-refractivity contribution in [2.45, 2.75) is 26.3 Å². The molecule has 2 rings (SSSR count). The van der Waals surface area contributed by atoms with E-state index in [1.807, 2.05) is 6.92 Å². The fraction of sp³-hybridized carbons (Fsp3) is 0.353. The van der Waals surface area contributed by atoms with E-state index in [-0.39, 0.29) is 40.1 Å². The molecule has 0 spiro atoms. The molecule has 2 N–H and O–H groups in total.